The maximum absolute atomic E-state index is 13.4. The third kappa shape index (κ3) is 2.67. The number of H-pyrrole nitrogens is 1. The molecule has 0 saturated heterocycles. The number of aromatic nitrogens is 1. The molecule has 1 heterocycles. The molecule has 3 heteroatoms. The predicted molar refractivity (Wildman–Crippen MR) is 69.9 cm³/mol. The van der Waals surface area contributed by atoms with Crippen molar-refractivity contribution in [1.29, 1.82) is 0 Å². The van der Waals surface area contributed by atoms with E-state index in [1.54, 1.807) is 0 Å². The largest absolute Gasteiger partial charge is 0.358 e. The lowest BCUT2D eigenvalue weighted by atomic mass is 10.1. The number of nitrogens with one attached hydrogen (secondary N) is 1. The summed E-state index contributed by atoms with van der Waals surface area (Å²) in [7, 11) is 4.15. The molecule has 0 fully saturated rings. The quantitative estimate of drug-likeness (QED) is 0.861. The molecule has 1 aromatic heterocycles. The van der Waals surface area contributed by atoms with Gasteiger partial charge < -0.3 is 9.88 Å². The van der Waals surface area contributed by atoms with E-state index in [0.29, 0.717) is 5.56 Å². The first kappa shape index (κ1) is 12.1. The number of halogens is 1. The SMILES string of the molecule is Cc1c(F)ccc2cc(CCCN(C)C)[nH]c12. The molecule has 2 aromatic rings. The zero-order valence-corrected chi connectivity index (χ0v) is 10.7. The van der Waals surface area contributed by atoms with Gasteiger partial charge in [-0.2, -0.15) is 0 Å². The van der Waals surface area contributed by atoms with Gasteiger partial charge in [0.1, 0.15) is 5.82 Å². The Labute approximate surface area is 101 Å². The van der Waals surface area contributed by atoms with Gasteiger partial charge in [-0.3, -0.25) is 0 Å². The van der Waals surface area contributed by atoms with Crippen LogP contribution in [0, 0.1) is 12.7 Å². The summed E-state index contributed by atoms with van der Waals surface area (Å²) in [6.45, 7) is 2.89. The van der Waals surface area contributed by atoms with Gasteiger partial charge in [-0.1, -0.05) is 0 Å². The topological polar surface area (TPSA) is 19.0 Å². The normalized spacial score (nSPS) is 11.6. The van der Waals surface area contributed by atoms with Crippen LogP contribution in [0.3, 0.4) is 0 Å². The Bertz CT molecular complexity index is 514. The highest BCUT2D eigenvalue weighted by Gasteiger charge is 2.06. The fourth-order valence-electron chi connectivity index (χ4n) is 2.10. The zero-order valence-electron chi connectivity index (χ0n) is 10.7. The van der Waals surface area contributed by atoms with E-state index in [2.05, 4.69) is 30.0 Å². The van der Waals surface area contributed by atoms with Crippen molar-refractivity contribution in [2.75, 3.05) is 20.6 Å². The second-order valence-electron chi connectivity index (χ2n) is 4.84. The van der Waals surface area contributed by atoms with Gasteiger partial charge in [0.25, 0.3) is 0 Å². The van der Waals surface area contributed by atoms with Crippen molar-refractivity contribution in [3.05, 3.63) is 35.3 Å². The fourth-order valence-corrected chi connectivity index (χ4v) is 2.10. The molecule has 2 rings (SSSR count). The van der Waals surface area contributed by atoms with Gasteiger partial charge in [0.2, 0.25) is 0 Å². The summed E-state index contributed by atoms with van der Waals surface area (Å²) < 4.78 is 13.4. The fraction of sp³-hybridized carbons (Fsp3) is 0.429. The lowest BCUT2D eigenvalue weighted by Crippen LogP contribution is -2.13. The first-order chi connectivity index (χ1) is 8.08. The van der Waals surface area contributed by atoms with Crippen molar-refractivity contribution >= 4 is 10.9 Å². The van der Waals surface area contributed by atoms with E-state index in [1.165, 1.54) is 11.8 Å². The van der Waals surface area contributed by atoms with Crippen molar-refractivity contribution in [2.45, 2.75) is 19.8 Å². The van der Waals surface area contributed by atoms with Crippen molar-refractivity contribution < 1.29 is 4.39 Å². The third-order valence-corrected chi connectivity index (χ3v) is 3.10. The van der Waals surface area contributed by atoms with Crippen LogP contribution in [0.2, 0.25) is 0 Å². The monoisotopic (exact) mass is 234 g/mol. The number of hydrogen-bond donors (Lipinski definition) is 1. The second kappa shape index (κ2) is 4.88. The molecule has 0 bridgehead atoms. The molecule has 1 aromatic carbocycles. The summed E-state index contributed by atoms with van der Waals surface area (Å²) in [5, 5.41) is 1.10. The lowest BCUT2D eigenvalue weighted by Gasteiger charge is -2.07. The molecule has 0 radical (unpaired) electrons. The molecule has 0 aliphatic heterocycles. The molecule has 0 saturated carbocycles. The van der Waals surface area contributed by atoms with Gasteiger partial charge in [0, 0.05) is 16.6 Å². The molecular formula is C14H19FN2. The van der Waals surface area contributed by atoms with E-state index in [-0.39, 0.29) is 5.82 Å². The van der Waals surface area contributed by atoms with E-state index >= 15 is 0 Å². The number of rotatable bonds is 4. The second-order valence-corrected chi connectivity index (χ2v) is 4.84. The molecule has 0 spiro atoms. The van der Waals surface area contributed by atoms with Gasteiger partial charge in [0.05, 0.1) is 5.52 Å². The van der Waals surface area contributed by atoms with Crippen LogP contribution < -0.4 is 0 Å². The third-order valence-electron chi connectivity index (χ3n) is 3.10. The lowest BCUT2D eigenvalue weighted by molar-refractivity contribution is 0.400. The first-order valence-electron chi connectivity index (χ1n) is 5.99. The molecule has 1 N–H and O–H groups in total. The Morgan fingerprint density at radius 1 is 1.29 bits per heavy atom. The molecule has 2 nitrogen and oxygen atoms in total. The highest BCUT2D eigenvalue weighted by molar-refractivity contribution is 5.83. The molecule has 0 unspecified atom stereocenters. The van der Waals surface area contributed by atoms with Crippen LogP contribution in [-0.4, -0.2) is 30.5 Å². The Kier molecular flexibility index (Phi) is 3.48. The molecule has 0 atom stereocenters. The number of aromatic amines is 1. The van der Waals surface area contributed by atoms with Gasteiger partial charge in [-0.25, -0.2) is 4.39 Å². The van der Waals surface area contributed by atoms with E-state index in [4.69, 9.17) is 0 Å². The molecule has 92 valence electrons. The molecule has 0 aliphatic rings. The van der Waals surface area contributed by atoms with Crippen LogP contribution in [0.1, 0.15) is 17.7 Å². The summed E-state index contributed by atoms with van der Waals surface area (Å²) in [4.78, 5) is 5.49. The van der Waals surface area contributed by atoms with E-state index < -0.39 is 0 Å². The molecular weight excluding hydrogens is 215 g/mol. The van der Waals surface area contributed by atoms with Crippen molar-refractivity contribution in [1.82, 2.24) is 9.88 Å². The van der Waals surface area contributed by atoms with Crippen LogP contribution in [0.25, 0.3) is 10.9 Å². The standard InChI is InChI=1S/C14H19FN2/c1-10-13(15)7-6-11-9-12(16-14(10)11)5-4-8-17(2)3/h6-7,9,16H,4-5,8H2,1-3H3. The van der Waals surface area contributed by atoms with Gasteiger partial charge in [0.15, 0.2) is 0 Å². The summed E-state index contributed by atoms with van der Waals surface area (Å²) in [5.41, 5.74) is 2.83. The highest BCUT2D eigenvalue weighted by Crippen LogP contribution is 2.22. The molecule has 17 heavy (non-hydrogen) atoms. The smallest absolute Gasteiger partial charge is 0.128 e. The predicted octanol–water partition coefficient (Wildman–Crippen LogP) is 3.11. The minimum Gasteiger partial charge on any atom is -0.358 e. The maximum Gasteiger partial charge on any atom is 0.128 e. The number of benzene rings is 1. The summed E-state index contributed by atoms with van der Waals surface area (Å²) in [6.07, 6.45) is 2.12. The van der Waals surface area contributed by atoms with Crippen LogP contribution in [-0.2, 0) is 6.42 Å². The van der Waals surface area contributed by atoms with Crippen LogP contribution >= 0.6 is 0 Å². The average Bonchev–Trinajstić information content (AvgIpc) is 2.67. The van der Waals surface area contributed by atoms with E-state index in [1.807, 2.05) is 13.0 Å². The van der Waals surface area contributed by atoms with E-state index in [0.717, 1.165) is 30.3 Å². The summed E-state index contributed by atoms with van der Waals surface area (Å²) in [6, 6.07) is 5.50. The number of aryl methyl sites for hydroxylation is 2. The Morgan fingerprint density at radius 2 is 2.06 bits per heavy atom. The minimum atomic E-state index is -0.140. The Balaban J connectivity index is 2.17. The van der Waals surface area contributed by atoms with Crippen LogP contribution in [0.4, 0.5) is 4.39 Å². The first-order valence-corrected chi connectivity index (χ1v) is 5.99. The van der Waals surface area contributed by atoms with Gasteiger partial charge in [-0.15, -0.1) is 0 Å². The van der Waals surface area contributed by atoms with Gasteiger partial charge >= 0.3 is 0 Å². The number of hydrogen-bond acceptors (Lipinski definition) is 1. The van der Waals surface area contributed by atoms with Crippen LogP contribution in [0.5, 0.6) is 0 Å². The zero-order chi connectivity index (χ0) is 12.4. The Hall–Kier alpha value is -1.35. The van der Waals surface area contributed by atoms with Gasteiger partial charge in [-0.05, 0) is 58.6 Å². The van der Waals surface area contributed by atoms with E-state index in [9.17, 15) is 4.39 Å². The number of nitrogens with zero attached hydrogens (tertiary/aromatic N) is 1. The number of fused-ring (bicyclic) bond motifs is 1. The van der Waals surface area contributed by atoms with Crippen molar-refractivity contribution in [2.24, 2.45) is 0 Å². The Morgan fingerprint density at radius 3 is 2.76 bits per heavy atom. The molecule has 0 aliphatic carbocycles. The molecule has 0 amide bonds. The van der Waals surface area contributed by atoms with Crippen molar-refractivity contribution in [3.8, 4) is 0 Å². The highest BCUT2D eigenvalue weighted by atomic mass is 19.1. The maximum atomic E-state index is 13.4. The summed E-state index contributed by atoms with van der Waals surface area (Å²) in [5.74, 6) is -0.140. The minimum absolute atomic E-state index is 0.140. The summed E-state index contributed by atoms with van der Waals surface area (Å²) >= 11 is 0. The van der Waals surface area contributed by atoms with Crippen LogP contribution in [0.15, 0.2) is 18.2 Å². The van der Waals surface area contributed by atoms with Crippen molar-refractivity contribution in [3.63, 3.8) is 0 Å². The average molecular weight is 234 g/mol.